The van der Waals surface area contributed by atoms with Crippen LogP contribution in [0.5, 0.6) is 11.5 Å². The number of piperidine rings is 2. The quantitative estimate of drug-likeness (QED) is 0.354. The molecule has 3 fully saturated rings. The molecule has 3 aromatic rings. The number of anilines is 1. The van der Waals surface area contributed by atoms with Gasteiger partial charge in [-0.05, 0) is 79.3 Å². The zero-order valence-corrected chi connectivity index (χ0v) is 26.0. The van der Waals surface area contributed by atoms with Crippen molar-refractivity contribution in [3.63, 3.8) is 0 Å². The molecule has 44 heavy (non-hydrogen) atoms. The van der Waals surface area contributed by atoms with Gasteiger partial charge in [-0.2, -0.15) is 0 Å². The molecule has 0 radical (unpaired) electrons. The number of morpholine rings is 1. The molecule has 8 heteroatoms. The Kier molecular flexibility index (Phi) is 10.3. The van der Waals surface area contributed by atoms with Gasteiger partial charge in [-0.3, -0.25) is 14.6 Å². The first kappa shape index (κ1) is 30.4. The number of hydrogen-bond acceptors (Lipinski definition) is 7. The number of methoxy groups -OCH3 is 1. The van der Waals surface area contributed by atoms with Crippen molar-refractivity contribution in [1.82, 2.24) is 15.1 Å². The third kappa shape index (κ3) is 8.31. The Morgan fingerprint density at radius 2 is 1.39 bits per heavy atom. The maximum atomic E-state index is 13.1. The van der Waals surface area contributed by atoms with Crippen LogP contribution in [0, 0.1) is 0 Å². The molecule has 0 spiro atoms. The van der Waals surface area contributed by atoms with E-state index in [4.69, 9.17) is 14.2 Å². The Morgan fingerprint density at radius 3 is 2.02 bits per heavy atom. The third-order valence-corrected chi connectivity index (χ3v) is 9.14. The number of nitrogens with one attached hydrogen (secondary N) is 1. The molecular weight excluding hydrogens is 552 g/mol. The summed E-state index contributed by atoms with van der Waals surface area (Å²) in [4.78, 5) is 20.5. The fourth-order valence-electron chi connectivity index (χ4n) is 6.47. The minimum Gasteiger partial charge on any atom is -0.497 e. The van der Waals surface area contributed by atoms with Gasteiger partial charge in [-0.25, -0.2) is 0 Å². The number of ether oxygens (including phenoxy) is 3. The summed E-state index contributed by atoms with van der Waals surface area (Å²) in [5.74, 6) is 1.65. The summed E-state index contributed by atoms with van der Waals surface area (Å²) in [5, 5.41) is 3.26. The monoisotopic (exact) mass is 598 g/mol. The van der Waals surface area contributed by atoms with E-state index in [0.717, 1.165) is 103 Å². The highest BCUT2D eigenvalue weighted by atomic mass is 16.5. The van der Waals surface area contributed by atoms with Gasteiger partial charge in [0.05, 0.1) is 20.3 Å². The van der Waals surface area contributed by atoms with Crippen LogP contribution in [0.4, 0.5) is 5.69 Å². The van der Waals surface area contributed by atoms with Crippen LogP contribution in [0.25, 0.3) is 0 Å². The van der Waals surface area contributed by atoms with Gasteiger partial charge in [0.1, 0.15) is 17.6 Å². The lowest BCUT2D eigenvalue weighted by Crippen LogP contribution is -2.44. The highest BCUT2D eigenvalue weighted by Crippen LogP contribution is 2.23. The van der Waals surface area contributed by atoms with Crippen LogP contribution in [0.3, 0.4) is 0 Å². The normalized spacial score (nSPS) is 19.1. The minimum atomic E-state index is -0.0153. The maximum absolute atomic E-state index is 13.1. The van der Waals surface area contributed by atoms with E-state index in [2.05, 4.69) is 56.4 Å². The average molecular weight is 599 g/mol. The fourth-order valence-corrected chi connectivity index (χ4v) is 6.47. The largest absolute Gasteiger partial charge is 0.497 e. The van der Waals surface area contributed by atoms with Crippen LogP contribution in [0.2, 0.25) is 0 Å². The average Bonchev–Trinajstić information content (AvgIpc) is 3.08. The molecule has 3 aliphatic heterocycles. The van der Waals surface area contributed by atoms with Crippen molar-refractivity contribution in [3.05, 3.63) is 89.5 Å². The summed E-state index contributed by atoms with van der Waals surface area (Å²) in [6, 6.07) is 25.1. The smallest absolute Gasteiger partial charge is 0.251 e. The molecule has 0 unspecified atom stereocenters. The van der Waals surface area contributed by atoms with Crippen LogP contribution in [0.15, 0.2) is 72.8 Å². The van der Waals surface area contributed by atoms with Gasteiger partial charge in [0.15, 0.2) is 0 Å². The van der Waals surface area contributed by atoms with E-state index in [1.54, 1.807) is 7.11 Å². The highest BCUT2D eigenvalue weighted by Gasteiger charge is 2.23. The van der Waals surface area contributed by atoms with E-state index in [0.29, 0.717) is 5.56 Å². The zero-order valence-electron chi connectivity index (χ0n) is 26.0. The lowest BCUT2D eigenvalue weighted by Gasteiger charge is -2.33. The minimum absolute atomic E-state index is 0.0153. The summed E-state index contributed by atoms with van der Waals surface area (Å²) in [5.41, 5.74) is 4.58. The van der Waals surface area contributed by atoms with E-state index < -0.39 is 0 Å². The summed E-state index contributed by atoms with van der Waals surface area (Å²) in [7, 11) is 1.69. The van der Waals surface area contributed by atoms with E-state index in [9.17, 15) is 4.79 Å². The molecule has 3 aromatic carbocycles. The van der Waals surface area contributed by atoms with E-state index in [-0.39, 0.29) is 18.1 Å². The molecule has 0 aromatic heterocycles. The van der Waals surface area contributed by atoms with Crippen molar-refractivity contribution < 1.29 is 19.0 Å². The molecule has 0 atom stereocenters. The second-order valence-electron chi connectivity index (χ2n) is 12.3. The molecule has 6 rings (SSSR count). The van der Waals surface area contributed by atoms with Crippen LogP contribution in [-0.4, -0.2) is 87.4 Å². The number of nitrogens with zero attached hydrogens (tertiary/aromatic N) is 3. The summed E-state index contributed by atoms with van der Waals surface area (Å²) in [6.45, 7) is 9.39. The first-order valence-corrected chi connectivity index (χ1v) is 16.2. The van der Waals surface area contributed by atoms with Gasteiger partial charge in [0.25, 0.3) is 5.91 Å². The summed E-state index contributed by atoms with van der Waals surface area (Å²) < 4.78 is 17.1. The third-order valence-electron chi connectivity index (χ3n) is 9.14. The Labute approximate surface area is 261 Å². The number of likely N-dealkylation sites (tertiary alicyclic amines) is 2. The number of amides is 1. The Bertz CT molecular complexity index is 1330. The van der Waals surface area contributed by atoms with Crippen molar-refractivity contribution in [2.75, 3.05) is 64.5 Å². The number of benzene rings is 3. The van der Waals surface area contributed by atoms with E-state index >= 15 is 0 Å². The molecule has 3 heterocycles. The predicted molar refractivity (Wildman–Crippen MR) is 174 cm³/mol. The van der Waals surface area contributed by atoms with Crippen LogP contribution in [-0.2, 0) is 17.8 Å². The standard InChI is InChI=1S/C36H46N4O4/c1-42-33-11-7-29(8-12-33)27-38-17-13-31(14-18-38)37-36(41)30-3-2-4-35(25-30)44-34-15-19-39(20-16-34)26-28-5-9-32(10-6-28)40-21-23-43-24-22-40/h2-12,25,31,34H,13-24,26-27H2,1H3,(H,37,41). The Morgan fingerprint density at radius 1 is 0.773 bits per heavy atom. The molecule has 0 saturated carbocycles. The number of carbonyl (C=O) groups excluding carboxylic acids is 1. The van der Waals surface area contributed by atoms with Gasteiger partial charge < -0.3 is 24.4 Å². The van der Waals surface area contributed by atoms with Crippen molar-refractivity contribution in [1.29, 1.82) is 0 Å². The first-order chi connectivity index (χ1) is 21.6. The topological polar surface area (TPSA) is 66.5 Å². The first-order valence-electron chi connectivity index (χ1n) is 16.2. The van der Waals surface area contributed by atoms with Crippen molar-refractivity contribution in [2.24, 2.45) is 0 Å². The van der Waals surface area contributed by atoms with E-state index in [1.165, 1.54) is 16.8 Å². The highest BCUT2D eigenvalue weighted by molar-refractivity contribution is 5.94. The SMILES string of the molecule is COc1ccc(CN2CCC(NC(=O)c3cccc(OC4CCN(Cc5ccc(N6CCOCC6)cc5)CC4)c3)CC2)cc1. The van der Waals surface area contributed by atoms with Gasteiger partial charge in [0, 0.05) is 69.7 Å². The van der Waals surface area contributed by atoms with Gasteiger partial charge >= 0.3 is 0 Å². The molecule has 1 N–H and O–H groups in total. The van der Waals surface area contributed by atoms with Gasteiger partial charge in [-0.15, -0.1) is 0 Å². The van der Waals surface area contributed by atoms with Crippen molar-refractivity contribution in [3.8, 4) is 11.5 Å². The molecular formula is C36H46N4O4. The number of carbonyl (C=O) groups is 1. The predicted octanol–water partition coefficient (Wildman–Crippen LogP) is 4.97. The van der Waals surface area contributed by atoms with Crippen LogP contribution < -0.4 is 19.7 Å². The van der Waals surface area contributed by atoms with Crippen molar-refractivity contribution >= 4 is 11.6 Å². The molecule has 0 bridgehead atoms. The van der Waals surface area contributed by atoms with Crippen LogP contribution >= 0.6 is 0 Å². The molecule has 234 valence electrons. The lowest BCUT2D eigenvalue weighted by atomic mass is 10.0. The number of hydrogen-bond donors (Lipinski definition) is 1. The molecule has 1 amide bonds. The molecule has 0 aliphatic carbocycles. The Balaban J connectivity index is 0.916. The van der Waals surface area contributed by atoms with E-state index in [1.807, 2.05) is 36.4 Å². The maximum Gasteiger partial charge on any atom is 0.251 e. The fraction of sp³-hybridized carbons (Fsp3) is 0.472. The molecule has 3 saturated heterocycles. The van der Waals surface area contributed by atoms with Gasteiger partial charge in [-0.1, -0.05) is 30.3 Å². The summed E-state index contributed by atoms with van der Waals surface area (Å²) in [6.07, 6.45) is 4.04. The summed E-state index contributed by atoms with van der Waals surface area (Å²) >= 11 is 0. The van der Waals surface area contributed by atoms with Crippen molar-refractivity contribution in [2.45, 2.75) is 50.9 Å². The van der Waals surface area contributed by atoms with Crippen LogP contribution in [0.1, 0.15) is 47.2 Å². The zero-order chi connectivity index (χ0) is 30.1. The Hall–Kier alpha value is -3.59. The second kappa shape index (κ2) is 14.9. The molecule has 3 aliphatic rings. The molecule has 8 nitrogen and oxygen atoms in total. The lowest BCUT2D eigenvalue weighted by molar-refractivity contribution is 0.0900. The second-order valence-corrected chi connectivity index (χ2v) is 12.3. The van der Waals surface area contributed by atoms with Gasteiger partial charge in [0.2, 0.25) is 0 Å². The number of rotatable bonds is 10.